The van der Waals surface area contributed by atoms with E-state index >= 15 is 0 Å². The third kappa shape index (κ3) is 5.06. The molecule has 8 nitrogen and oxygen atoms in total. The summed E-state index contributed by atoms with van der Waals surface area (Å²) in [6.07, 6.45) is 0.226. The number of benzene rings is 3. The Morgan fingerprint density at radius 3 is 2.49 bits per heavy atom. The first-order valence-electron chi connectivity index (χ1n) is 10.6. The van der Waals surface area contributed by atoms with Gasteiger partial charge in [0.1, 0.15) is 18.2 Å². The Balaban J connectivity index is 1.63. The van der Waals surface area contributed by atoms with Crippen molar-refractivity contribution in [2.75, 3.05) is 13.6 Å². The second-order valence-corrected chi connectivity index (χ2v) is 8.00. The van der Waals surface area contributed by atoms with Gasteiger partial charge in [-0.3, -0.25) is 19.7 Å². The molecule has 35 heavy (non-hydrogen) atoms. The van der Waals surface area contributed by atoms with E-state index in [1.54, 1.807) is 6.07 Å². The van der Waals surface area contributed by atoms with Crippen LogP contribution in [0, 0.1) is 21.7 Å². The number of carbonyl (C=O) groups excluding carboxylic acids is 2. The van der Waals surface area contributed by atoms with Gasteiger partial charge in [0.2, 0.25) is 0 Å². The van der Waals surface area contributed by atoms with Crippen LogP contribution in [0.1, 0.15) is 33.9 Å². The lowest BCUT2D eigenvalue weighted by molar-refractivity contribution is -0.385. The Kier molecular flexibility index (Phi) is 6.63. The normalized spacial score (nSPS) is 15.0. The molecule has 4 rings (SSSR count). The van der Waals surface area contributed by atoms with Gasteiger partial charge in [0.05, 0.1) is 22.2 Å². The molecule has 0 aromatic heterocycles. The summed E-state index contributed by atoms with van der Waals surface area (Å²) in [5, 5.41) is 16.9. The molecular weight excluding hydrogens is 458 g/mol. The fourth-order valence-electron chi connectivity index (χ4n) is 3.85. The number of hydrazone groups is 1. The number of halogens is 2. The van der Waals surface area contributed by atoms with Crippen LogP contribution in [0.2, 0.25) is 0 Å². The van der Waals surface area contributed by atoms with Crippen molar-refractivity contribution < 1.29 is 23.3 Å². The number of non-ortho nitro benzene ring substituents is 1. The number of nitro groups is 1. The van der Waals surface area contributed by atoms with Crippen molar-refractivity contribution in [2.24, 2.45) is 5.10 Å². The van der Waals surface area contributed by atoms with E-state index < -0.39 is 41.0 Å². The molecule has 1 heterocycles. The fraction of sp³-hybridized carbons (Fsp3) is 0.160. The van der Waals surface area contributed by atoms with E-state index in [2.05, 4.69) is 5.10 Å². The van der Waals surface area contributed by atoms with Crippen molar-refractivity contribution in [3.05, 3.63) is 111 Å². The molecule has 2 amide bonds. The average molecular weight is 478 g/mol. The number of nitrogens with zero attached hydrogens (tertiary/aromatic N) is 4. The summed E-state index contributed by atoms with van der Waals surface area (Å²) in [6, 6.07) is 16.2. The molecular formula is C25H20F2N4O4. The second kappa shape index (κ2) is 9.80. The SMILES string of the molecule is CN(CC(=O)N1N=C(c2ccc(F)cc2)CC1c1cccc([N+](=O)[O-])c1)C(=O)c1ccccc1F. The number of rotatable bonds is 6. The van der Waals surface area contributed by atoms with Gasteiger partial charge in [-0.2, -0.15) is 5.10 Å². The van der Waals surface area contributed by atoms with Gasteiger partial charge in [0.25, 0.3) is 17.5 Å². The molecule has 0 spiro atoms. The molecule has 0 bridgehead atoms. The Morgan fingerprint density at radius 2 is 1.80 bits per heavy atom. The van der Waals surface area contributed by atoms with Gasteiger partial charge in [-0.1, -0.05) is 36.4 Å². The van der Waals surface area contributed by atoms with Crippen LogP contribution >= 0.6 is 0 Å². The first kappa shape index (κ1) is 23.7. The summed E-state index contributed by atoms with van der Waals surface area (Å²) < 4.78 is 27.4. The quantitative estimate of drug-likeness (QED) is 0.389. The fourth-order valence-corrected chi connectivity index (χ4v) is 3.85. The summed E-state index contributed by atoms with van der Waals surface area (Å²) in [5.74, 6) is -2.37. The van der Waals surface area contributed by atoms with E-state index in [9.17, 15) is 28.5 Å². The monoisotopic (exact) mass is 478 g/mol. The van der Waals surface area contributed by atoms with Gasteiger partial charge in [0, 0.05) is 25.6 Å². The second-order valence-electron chi connectivity index (χ2n) is 8.00. The topological polar surface area (TPSA) is 96.1 Å². The third-order valence-electron chi connectivity index (χ3n) is 5.63. The third-order valence-corrected chi connectivity index (χ3v) is 5.63. The molecule has 0 radical (unpaired) electrons. The van der Waals surface area contributed by atoms with Crippen LogP contribution in [0.4, 0.5) is 14.5 Å². The smallest absolute Gasteiger partial charge is 0.269 e. The summed E-state index contributed by atoms with van der Waals surface area (Å²) in [5.41, 5.74) is 1.24. The van der Waals surface area contributed by atoms with E-state index in [1.807, 2.05) is 0 Å². The van der Waals surface area contributed by atoms with Crippen LogP contribution in [0.3, 0.4) is 0 Å². The van der Waals surface area contributed by atoms with E-state index in [1.165, 1.54) is 72.7 Å². The minimum Gasteiger partial charge on any atom is -0.332 e. The lowest BCUT2D eigenvalue weighted by Gasteiger charge is -2.25. The summed E-state index contributed by atoms with van der Waals surface area (Å²) >= 11 is 0. The Hall–Kier alpha value is -4.47. The predicted octanol–water partition coefficient (Wildman–Crippen LogP) is 4.32. The van der Waals surface area contributed by atoms with E-state index in [4.69, 9.17) is 0 Å². The largest absolute Gasteiger partial charge is 0.332 e. The van der Waals surface area contributed by atoms with E-state index in [0.717, 1.165) is 11.0 Å². The highest BCUT2D eigenvalue weighted by Crippen LogP contribution is 2.34. The highest BCUT2D eigenvalue weighted by Gasteiger charge is 2.34. The van der Waals surface area contributed by atoms with Gasteiger partial charge in [-0.25, -0.2) is 13.8 Å². The average Bonchev–Trinajstić information content (AvgIpc) is 3.30. The number of amides is 2. The van der Waals surface area contributed by atoms with Crippen LogP contribution in [-0.4, -0.2) is 46.0 Å². The predicted molar refractivity (Wildman–Crippen MR) is 124 cm³/mol. The lowest BCUT2D eigenvalue weighted by atomic mass is 9.98. The van der Waals surface area contributed by atoms with Crippen LogP contribution in [0.25, 0.3) is 0 Å². The zero-order valence-electron chi connectivity index (χ0n) is 18.6. The molecule has 0 saturated heterocycles. The molecule has 1 aliphatic rings. The molecule has 3 aromatic carbocycles. The Morgan fingerprint density at radius 1 is 1.09 bits per heavy atom. The van der Waals surface area contributed by atoms with E-state index in [0.29, 0.717) is 16.8 Å². The zero-order chi connectivity index (χ0) is 25.1. The standard InChI is InChI=1S/C25H20F2N4O4/c1-29(25(33)20-7-2-3-8-21(20)27)15-24(32)30-23(17-5-4-6-19(13-17)31(34)35)14-22(28-30)16-9-11-18(26)12-10-16/h2-13,23H,14-15H2,1H3. The Bertz CT molecular complexity index is 1330. The van der Waals surface area contributed by atoms with Crippen LogP contribution in [-0.2, 0) is 4.79 Å². The van der Waals surface area contributed by atoms with Gasteiger partial charge >= 0.3 is 0 Å². The molecule has 3 aromatic rings. The molecule has 1 aliphatic heterocycles. The lowest BCUT2D eigenvalue weighted by Crippen LogP contribution is -2.39. The minimum atomic E-state index is -0.705. The molecule has 0 fully saturated rings. The maximum atomic E-state index is 14.0. The molecule has 1 atom stereocenters. The van der Waals surface area contributed by atoms with Gasteiger partial charge in [-0.15, -0.1) is 0 Å². The van der Waals surface area contributed by atoms with Gasteiger partial charge in [-0.05, 0) is 35.4 Å². The molecule has 0 aliphatic carbocycles. The van der Waals surface area contributed by atoms with Crippen molar-refractivity contribution in [3.8, 4) is 0 Å². The maximum Gasteiger partial charge on any atom is 0.269 e. The molecule has 0 saturated carbocycles. The summed E-state index contributed by atoms with van der Waals surface area (Å²) in [7, 11) is 1.37. The van der Waals surface area contributed by atoms with Gasteiger partial charge < -0.3 is 4.90 Å². The number of nitro benzene ring substituents is 1. The van der Waals surface area contributed by atoms with Crippen LogP contribution in [0.5, 0.6) is 0 Å². The highest BCUT2D eigenvalue weighted by molar-refractivity contribution is 6.03. The molecule has 178 valence electrons. The maximum absolute atomic E-state index is 14.0. The van der Waals surface area contributed by atoms with Crippen LogP contribution in [0.15, 0.2) is 77.9 Å². The van der Waals surface area contributed by atoms with Crippen molar-refractivity contribution in [3.63, 3.8) is 0 Å². The molecule has 1 unspecified atom stereocenters. The van der Waals surface area contributed by atoms with Crippen molar-refractivity contribution >= 4 is 23.2 Å². The first-order valence-corrected chi connectivity index (χ1v) is 10.6. The molecule has 10 heteroatoms. The number of carbonyl (C=O) groups is 2. The number of hydrogen-bond donors (Lipinski definition) is 0. The highest BCUT2D eigenvalue weighted by atomic mass is 19.1. The zero-order valence-corrected chi connectivity index (χ0v) is 18.6. The Labute approximate surface area is 199 Å². The van der Waals surface area contributed by atoms with Crippen LogP contribution < -0.4 is 0 Å². The molecule has 0 N–H and O–H groups in total. The summed E-state index contributed by atoms with van der Waals surface area (Å²) in [4.78, 5) is 37.7. The minimum absolute atomic E-state index is 0.142. The summed E-state index contributed by atoms with van der Waals surface area (Å²) in [6.45, 7) is -0.404. The van der Waals surface area contributed by atoms with Gasteiger partial charge in [0.15, 0.2) is 0 Å². The van der Waals surface area contributed by atoms with E-state index in [-0.39, 0.29) is 17.7 Å². The van der Waals surface area contributed by atoms with Crippen molar-refractivity contribution in [1.29, 1.82) is 0 Å². The first-order chi connectivity index (χ1) is 16.7. The number of likely N-dealkylation sites (N-methyl/N-ethyl adjacent to an activating group) is 1. The van der Waals surface area contributed by atoms with Crippen molar-refractivity contribution in [1.82, 2.24) is 9.91 Å². The number of hydrogen-bond acceptors (Lipinski definition) is 5. The van der Waals surface area contributed by atoms with Crippen molar-refractivity contribution in [2.45, 2.75) is 12.5 Å².